The van der Waals surface area contributed by atoms with Gasteiger partial charge in [0.1, 0.15) is 5.75 Å². The Balaban J connectivity index is 2.09. The van der Waals surface area contributed by atoms with Gasteiger partial charge < -0.3 is 14.6 Å². The van der Waals surface area contributed by atoms with Crippen LogP contribution < -0.4 is 4.74 Å². The quantitative estimate of drug-likeness (QED) is 0.844. The molecule has 1 N–H and O–H groups in total. The summed E-state index contributed by atoms with van der Waals surface area (Å²) in [5.74, 6) is -0.0396. The van der Waals surface area contributed by atoms with Crippen molar-refractivity contribution in [3.8, 4) is 5.75 Å². The maximum Gasteiger partial charge on any atom is 0.328 e. The van der Waals surface area contributed by atoms with Gasteiger partial charge in [-0.2, -0.15) is 0 Å². The summed E-state index contributed by atoms with van der Waals surface area (Å²) in [6.45, 7) is 2.03. The summed E-state index contributed by atoms with van der Waals surface area (Å²) in [6, 6.07) is 5.26. The molecule has 19 heavy (non-hydrogen) atoms. The van der Waals surface area contributed by atoms with Crippen molar-refractivity contribution in [3.63, 3.8) is 0 Å². The Bertz CT molecular complexity index is 478. The van der Waals surface area contributed by atoms with Crippen molar-refractivity contribution >= 4 is 23.6 Å². The molecule has 1 atom stereocenters. The number of aliphatic carboxylic acids is 1. The molecule has 1 unspecified atom stereocenters. The molecule has 0 saturated carbocycles. The fraction of sp³-hybridized carbons (Fsp3) is 0.357. The molecular formula is C14H15ClO4. The van der Waals surface area contributed by atoms with Crippen LogP contribution in [0.25, 0.3) is 6.08 Å². The van der Waals surface area contributed by atoms with E-state index in [-0.39, 0.29) is 0 Å². The minimum absolute atomic E-state index is 0.385. The van der Waals surface area contributed by atoms with Gasteiger partial charge in [0.25, 0.3) is 0 Å². The van der Waals surface area contributed by atoms with Crippen molar-refractivity contribution < 1.29 is 19.4 Å². The van der Waals surface area contributed by atoms with E-state index in [2.05, 4.69) is 0 Å². The van der Waals surface area contributed by atoms with E-state index in [0.717, 1.165) is 19.1 Å². The second-order valence-electron chi connectivity index (χ2n) is 4.36. The monoisotopic (exact) mass is 282 g/mol. The number of ether oxygens (including phenoxy) is 2. The molecule has 102 valence electrons. The predicted octanol–water partition coefficient (Wildman–Crippen LogP) is 2.85. The maximum atomic E-state index is 10.6. The first kappa shape index (κ1) is 13.9. The van der Waals surface area contributed by atoms with Crippen LogP contribution in [0.3, 0.4) is 0 Å². The third kappa shape index (κ3) is 3.98. The normalized spacial score (nSPS) is 18.9. The minimum atomic E-state index is -1.02. The molecule has 1 heterocycles. The lowest BCUT2D eigenvalue weighted by Gasteiger charge is -2.13. The van der Waals surface area contributed by atoms with Gasteiger partial charge in [-0.3, -0.25) is 0 Å². The first-order chi connectivity index (χ1) is 9.16. The van der Waals surface area contributed by atoms with Crippen LogP contribution in [0.5, 0.6) is 5.75 Å². The number of halogens is 1. The average Bonchev–Trinajstić information content (AvgIpc) is 2.88. The molecule has 0 spiro atoms. The number of hydrogen-bond acceptors (Lipinski definition) is 3. The van der Waals surface area contributed by atoms with E-state index < -0.39 is 5.97 Å². The molecular weight excluding hydrogens is 268 g/mol. The summed E-state index contributed by atoms with van der Waals surface area (Å²) >= 11 is 6.06. The molecule has 1 aromatic carbocycles. The second-order valence-corrected chi connectivity index (χ2v) is 4.77. The highest BCUT2D eigenvalue weighted by molar-refractivity contribution is 6.32. The highest BCUT2D eigenvalue weighted by Gasteiger charge is 2.17. The summed E-state index contributed by atoms with van der Waals surface area (Å²) in [5.41, 5.74) is 0.588. The lowest BCUT2D eigenvalue weighted by Crippen LogP contribution is -2.12. The fourth-order valence-corrected chi connectivity index (χ4v) is 2.11. The molecule has 0 radical (unpaired) electrons. The van der Waals surface area contributed by atoms with Crippen LogP contribution in [0.4, 0.5) is 0 Å². The molecule has 0 aliphatic carbocycles. The summed E-state index contributed by atoms with van der Waals surface area (Å²) in [5, 5.41) is 9.14. The van der Waals surface area contributed by atoms with Crippen LogP contribution in [0.1, 0.15) is 12.0 Å². The van der Waals surface area contributed by atoms with Crippen molar-refractivity contribution in [2.24, 2.45) is 5.92 Å². The highest BCUT2D eigenvalue weighted by atomic mass is 35.5. The van der Waals surface area contributed by atoms with Crippen molar-refractivity contribution in [3.05, 3.63) is 34.9 Å². The lowest BCUT2D eigenvalue weighted by molar-refractivity contribution is -0.131. The molecule has 0 bridgehead atoms. The van der Waals surface area contributed by atoms with E-state index in [9.17, 15) is 4.79 Å². The number of hydrogen-bond donors (Lipinski definition) is 1. The molecule has 5 heteroatoms. The van der Waals surface area contributed by atoms with Crippen LogP contribution in [-0.4, -0.2) is 30.9 Å². The minimum Gasteiger partial charge on any atom is -0.493 e. The van der Waals surface area contributed by atoms with Crippen molar-refractivity contribution in [1.82, 2.24) is 0 Å². The smallest absolute Gasteiger partial charge is 0.328 e. The van der Waals surface area contributed by atoms with Gasteiger partial charge in [0.15, 0.2) is 0 Å². The van der Waals surface area contributed by atoms with Gasteiger partial charge in [0.05, 0.1) is 18.2 Å². The van der Waals surface area contributed by atoms with Crippen LogP contribution in [0, 0.1) is 5.92 Å². The van der Waals surface area contributed by atoms with E-state index in [0.29, 0.717) is 35.5 Å². The van der Waals surface area contributed by atoms with E-state index >= 15 is 0 Å². The summed E-state index contributed by atoms with van der Waals surface area (Å²) in [4.78, 5) is 10.6. The SMILES string of the molecule is O=C(O)/C=C/c1c(Cl)cccc1OCC1CCOC1. The van der Waals surface area contributed by atoms with E-state index in [1.807, 2.05) is 0 Å². The van der Waals surface area contributed by atoms with Gasteiger partial charge in [0, 0.05) is 24.2 Å². The highest BCUT2D eigenvalue weighted by Crippen LogP contribution is 2.28. The Morgan fingerprint density at radius 1 is 1.58 bits per heavy atom. The van der Waals surface area contributed by atoms with Crippen LogP contribution in [0.2, 0.25) is 5.02 Å². The first-order valence-electron chi connectivity index (χ1n) is 6.07. The largest absolute Gasteiger partial charge is 0.493 e. The Labute approximate surface area is 116 Å². The summed E-state index contributed by atoms with van der Waals surface area (Å²) in [7, 11) is 0. The number of carboxylic acid groups (broad SMARTS) is 1. The molecule has 0 aromatic heterocycles. The fourth-order valence-electron chi connectivity index (χ4n) is 1.88. The lowest BCUT2D eigenvalue weighted by atomic mass is 10.1. The maximum absolute atomic E-state index is 10.6. The van der Waals surface area contributed by atoms with Crippen molar-refractivity contribution in [2.75, 3.05) is 19.8 Å². The number of carboxylic acids is 1. The molecule has 4 nitrogen and oxygen atoms in total. The number of rotatable bonds is 5. The molecule has 2 rings (SSSR count). The molecule has 1 fully saturated rings. The van der Waals surface area contributed by atoms with Crippen LogP contribution in [-0.2, 0) is 9.53 Å². The Kier molecular flexibility index (Phi) is 4.82. The zero-order chi connectivity index (χ0) is 13.7. The topological polar surface area (TPSA) is 55.8 Å². The molecule has 1 aromatic rings. The van der Waals surface area contributed by atoms with Crippen molar-refractivity contribution in [2.45, 2.75) is 6.42 Å². The van der Waals surface area contributed by atoms with E-state index in [4.69, 9.17) is 26.2 Å². The number of benzene rings is 1. The Hall–Kier alpha value is -1.52. The average molecular weight is 283 g/mol. The van der Waals surface area contributed by atoms with Gasteiger partial charge in [-0.05, 0) is 24.6 Å². The van der Waals surface area contributed by atoms with Crippen molar-refractivity contribution in [1.29, 1.82) is 0 Å². The standard InChI is InChI=1S/C14H15ClO4/c15-12-2-1-3-13(11(12)4-5-14(16)17)19-9-10-6-7-18-8-10/h1-5,10H,6-9H2,(H,16,17)/b5-4+. The third-order valence-corrected chi connectivity index (χ3v) is 3.23. The molecule has 1 aliphatic heterocycles. The number of carbonyl (C=O) groups is 1. The Morgan fingerprint density at radius 3 is 3.11 bits per heavy atom. The molecule has 1 saturated heterocycles. The first-order valence-corrected chi connectivity index (χ1v) is 6.44. The zero-order valence-corrected chi connectivity index (χ0v) is 11.1. The van der Waals surface area contributed by atoms with E-state index in [1.54, 1.807) is 18.2 Å². The molecule has 0 amide bonds. The van der Waals surface area contributed by atoms with E-state index in [1.165, 1.54) is 6.08 Å². The Morgan fingerprint density at radius 2 is 2.42 bits per heavy atom. The second kappa shape index (κ2) is 6.59. The van der Waals surface area contributed by atoms with Crippen LogP contribution >= 0.6 is 11.6 Å². The van der Waals surface area contributed by atoms with Gasteiger partial charge in [-0.15, -0.1) is 0 Å². The summed E-state index contributed by atoms with van der Waals surface area (Å²) in [6.07, 6.45) is 3.48. The van der Waals surface area contributed by atoms with Gasteiger partial charge >= 0.3 is 5.97 Å². The predicted molar refractivity (Wildman–Crippen MR) is 72.5 cm³/mol. The zero-order valence-electron chi connectivity index (χ0n) is 10.3. The van der Waals surface area contributed by atoms with Gasteiger partial charge in [0.2, 0.25) is 0 Å². The third-order valence-electron chi connectivity index (χ3n) is 2.90. The van der Waals surface area contributed by atoms with Crippen LogP contribution in [0.15, 0.2) is 24.3 Å². The molecule has 1 aliphatic rings. The van der Waals surface area contributed by atoms with Gasteiger partial charge in [-0.25, -0.2) is 4.79 Å². The summed E-state index contributed by atoms with van der Waals surface area (Å²) < 4.78 is 11.0. The van der Waals surface area contributed by atoms with Gasteiger partial charge in [-0.1, -0.05) is 17.7 Å².